The van der Waals surface area contributed by atoms with Crippen LogP contribution in [0.2, 0.25) is 0 Å². The van der Waals surface area contributed by atoms with Crippen molar-refractivity contribution in [2.75, 3.05) is 5.32 Å². The van der Waals surface area contributed by atoms with E-state index >= 15 is 0 Å². The number of nitrogens with two attached hydrogens (primary N) is 1. The summed E-state index contributed by atoms with van der Waals surface area (Å²) in [5.74, 6) is 0.143. The Morgan fingerprint density at radius 3 is 2.53 bits per heavy atom. The Morgan fingerprint density at radius 1 is 1.11 bits per heavy atom. The summed E-state index contributed by atoms with van der Waals surface area (Å²) in [7, 11) is 0. The van der Waals surface area contributed by atoms with E-state index in [0.29, 0.717) is 12.2 Å². The van der Waals surface area contributed by atoms with Gasteiger partial charge in [-0.15, -0.1) is 0 Å². The first-order chi connectivity index (χ1) is 8.99. The van der Waals surface area contributed by atoms with Crippen molar-refractivity contribution in [2.24, 2.45) is 5.73 Å². The quantitative estimate of drug-likeness (QED) is 0.897. The van der Waals surface area contributed by atoms with Gasteiger partial charge in [0.05, 0.1) is 0 Å². The van der Waals surface area contributed by atoms with E-state index in [2.05, 4.69) is 10.3 Å². The molecule has 100 valence electrons. The van der Waals surface area contributed by atoms with Gasteiger partial charge < -0.3 is 11.1 Å². The number of nitrogens with zero attached hydrogens (tertiary/aromatic N) is 1. The van der Waals surface area contributed by atoms with Crippen LogP contribution in [0.5, 0.6) is 0 Å². The van der Waals surface area contributed by atoms with Crippen molar-refractivity contribution in [1.82, 2.24) is 4.98 Å². The number of anilines is 2. The van der Waals surface area contributed by atoms with Gasteiger partial charge in [0, 0.05) is 12.2 Å². The molecule has 0 amide bonds. The molecule has 0 saturated carbocycles. The molecule has 1 heterocycles. The maximum Gasteiger partial charge on any atom is 0.433 e. The highest BCUT2D eigenvalue weighted by Crippen LogP contribution is 2.28. The number of hydrogen-bond acceptors (Lipinski definition) is 3. The minimum Gasteiger partial charge on any atom is -0.340 e. The van der Waals surface area contributed by atoms with E-state index in [1.54, 1.807) is 18.2 Å². The molecule has 1 aromatic carbocycles. The summed E-state index contributed by atoms with van der Waals surface area (Å²) in [4.78, 5) is 3.53. The van der Waals surface area contributed by atoms with Gasteiger partial charge in [0.2, 0.25) is 0 Å². The van der Waals surface area contributed by atoms with Gasteiger partial charge in [-0.2, -0.15) is 13.2 Å². The molecule has 0 radical (unpaired) electrons. The summed E-state index contributed by atoms with van der Waals surface area (Å²) in [5.41, 5.74) is 6.11. The van der Waals surface area contributed by atoms with E-state index in [1.807, 2.05) is 6.07 Å². The van der Waals surface area contributed by atoms with Crippen molar-refractivity contribution >= 4 is 11.5 Å². The first kappa shape index (κ1) is 13.4. The summed E-state index contributed by atoms with van der Waals surface area (Å²) < 4.78 is 37.6. The van der Waals surface area contributed by atoms with Gasteiger partial charge in [-0.1, -0.05) is 18.2 Å². The first-order valence-corrected chi connectivity index (χ1v) is 5.59. The molecule has 0 aliphatic rings. The Kier molecular flexibility index (Phi) is 3.71. The van der Waals surface area contributed by atoms with Gasteiger partial charge in [0.25, 0.3) is 0 Å². The number of hydrogen-bond donors (Lipinski definition) is 2. The van der Waals surface area contributed by atoms with E-state index in [9.17, 15) is 13.2 Å². The average Bonchev–Trinajstić information content (AvgIpc) is 2.38. The Balaban J connectivity index is 2.23. The zero-order chi connectivity index (χ0) is 13.9. The Bertz CT molecular complexity index is 567. The van der Waals surface area contributed by atoms with Crippen molar-refractivity contribution < 1.29 is 13.2 Å². The Labute approximate surface area is 108 Å². The van der Waals surface area contributed by atoms with Crippen LogP contribution < -0.4 is 11.1 Å². The van der Waals surface area contributed by atoms with E-state index < -0.39 is 11.9 Å². The van der Waals surface area contributed by atoms with Crippen LogP contribution in [0.4, 0.5) is 24.7 Å². The summed E-state index contributed by atoms with van der Waals surface area (Å²) >= 11 is 0. The van der Waals surface area contributed by atoms with Crippen LogP contribution in [0, 0.1) is 0 Å². The Morgan fingerprint density at radius 2 is 1.84 bits per heavy atom. The van der Waals surface area contributed by atoms with Crippen LogP contribution in [0.3, 0.4) is 0 Å². The van der Waals surface area contributed by atoms with Crippen LogP contribution >= 0.6 is 0 Å². The fraction of sp³-hybridized carbons (Fsp3) is 0.154. The number of pyridine rings is 1. The normalized spacial score (nSPS) is 11.4. The van der Waals surface area contributed by atoms with Gasteiger partial charge >= 0.3 is 6.18 Å². The zero-order valence-corrected chi connectivity index (χ0v) is 9.91. The minimum atomic E-state index is -4.45. The maximum atomic E-state index is 12.5. The molecule has 0 bridgehead atoms. The fourth-order valence-corrected chi connectivity index (χ4v) is 1.59. The predicted molar refractivity (Wildman–Crippen MR) is 66.9 cm³/mol. The molecule has 19 heavy (non-hydrogen) atoms. The van der Waals surface area contributed by atoms with Crippen LogP contribution in [-0.2, 0) is 12.7 Å². The maximum absolute atomic E-state index is 12.5. The van der Waals surface area contributed by atoms with E-state index in [1.165, 1.54) is 12.1 Å². The van der Waals surface area contributed by atoms with E-state index in [4.69, 9.17) is 5.73 Å². The zero-order valence-electron chi connectivity index (χ0n) is 9.91. The standard InChI is InChI=1S/C13H12F3N3/c14-13(15,16)11-5-2-6-12(19-11)18-10-4-1-3-9(7-10)8-17/h1-7H,8,17H2,(H,18,19). The number of aromatic nitrogens is 1. The van der Waals surface area contributed by atoms with Crippen molar-refractivity contribution in [1.29, 1.82) is 0 Å². The lowest BCUT2D eigenvalue weighted by Gasteiger charge is -2.10. The molecule has 0 spiro atoms. The van der Waals surface area contributed by atoms with Gasteiger partial charge in [-0.05, 0) is 29.8 Å². The number of halogens is 3. The second-order valence-corrected chi connectivity index (χ2v) is 3.94. The number of rotatable bonds is 3. The third-order valence-electron chi connectivity index (χ3n) is 2.47. The molecule has 3 N–H and O–H groups in total. The highest BCUT2D eigenvalue weighted by molar-refractivity contribution is 5.57. The molecule has 0 saturated heterocycles. The summed E-state index contributed by atoms with van der Waals surface area (Å²) in [6, 6.07) is 10.8. The second-order valence-electron chi connectivity index (χ2n) is 3.94. The predicted octanol–water partition coefficient (Wildman–Crippen LogP) is 3.30. The Hall–Kier alpha value is -2.08. The summed E-state index contributed by atoms with van der Waals surface area (Å²) in [6.45, 7) is 0.367. The van der Waals surface area contributed by atoms with Gasteiger partial charge in [0.1, 0.15) is 11.5 Å². The molecule has 2 rings (SSSR count). The van der Waals surface area contributed by atoms with Crippen LogP contribution in [0.1, 0.15) is 11.3 Å². The highest BCUT2D eigenvalue weighted by atomic mass is 19.4. The van der Waals surface area contributed by atoms with E-state index in [0.717, 1.165) is 11.6 Å². The lowest BCUT2D eigenvalue weighted by molar-refractivity contribution is -0.141. The SMILES string of the molecule is NCc1cccc(Nc2cccc(C(F)(F)F)n2)c1. The van der Waals surface area contributed by atoms with Crippen molar-refractivity contribution in [3.63, 3.8) is 0 Å². The van der Waals surface area contributed by atoms with Gasteiger partial charge in [-0.3, -0.25) is 0 Å². The highest BCUT2D eigenvalue weighted by Gasteiger charge is 2.32. The monoisotopic (exact) mass is 267 g/mol. The molecular weight excluding hydrogens is 255 g/mol. The van der Waals surface area contributed by atoms with Crippen molar-refractivity contribution in [2.45, 2.75) is 12.7 Å². The number of benzene rings is 1. The largest absolute Gasteiger partial charge is 0.433 e. The van der Waals surface area contributed by atoms with Gasteiger partial charge in [-0.25, -0.2) is 4.98 Å². The van der Waals surface area contributed by atoms with Gasteiger partial charge in [0.15, 0.2) is 0 Å². The molecule has 0 fully saturated rings. The second kappa shape index (κ2) is 5.27. The molecule has 6 heteroatoms. The third kappa shape index (κ3) is 3.45. The molecule has 3 nitrogen and oxygen atoms in total. The first-order valence-electron chi connectivity index (χ1n) is 5.59. The molecule has 0 aliphatic heterocycles. The number of alkyl halides is 3. The van der Waals surface area contributed by atoms with E-state index in [-0.39, 0.29) is 5.82 Å². The van der Waals surface area contributed by atoms with Crippen molar-refractivity contribution in [3.8, 4) is 0 Å². The summed E-state index contributed by atoms with van der Waals surface area (Å²) in [5, 5.41) is 2.82. The molecular formula is C13H12F3N3. The smallest absolute Gasteiger partial charge is 0.340 e. The van der Waals surface area contributed by atoms with Crippen molar-refractivity contribution in [3.05, 3.63) is 53.7 Å². The topological polar surface area (TPSA) is 50.9 Å². The molecule has 1 aromatic heterocycles. The summed E-state index contributed by atoms with van der Waals surface area (Å²) in [6.07, 6.45) is -4.45. The van der Waals surface area contributed by atoms with Crippen LogP contribution in [-0.4, -0.2) is 4.98 Å². The average molecular weight is 267 g/mol. The minimum absolute atomic E-state index is 0.143. The van der Waals surface area contributed by atoms with Crippen LogP contribution in [0.15, 0.2) is 42.5 Å². The fourth-order valence-electron chi connectivity index (χ4n) is 1.59. The van der Waals surface area contributed by atoms with Crippen LogP contribution in [0.25, 0.3) is 0 Å². The lowest BCUT2D eigenvalue weighted by atomic mass is 10.2. The lowest BCUT2D eigenvalue weighted by Crippen LogP contribution is -2.08. The molecule has 0 atom stereocenters. The molecule has 0 aliphatic carbocycles. The third-order valence-corrected chi connectivity index (χ3v) is 2.47. The molecule has 0 unspecified atom stereocenters. The molecule has 2 aromatic rings. The number of nitrogens with one attached hydrogen (secondary N) is 1.